The fourth-order valence-corrected chi connectivity index (χ4v) is 6.69. The number of aliphatic imine (C=N–C) groups is 1. The second-order valence-corrected chi connectivity index (χ2v) is 12.6. The zero-order valence-corrected chi connectivity index (χ0v) is 26.5. The van der Waals surface area contributed by atoms with Crippen molar-refractivity contribution in [1.29, 1.82) is 0 Å². The van der Waals surface area contributed by atoms with Gasteiger partial charge in [-0.15, -0.1) is 0 Å². The Kier molecular flexibility index (Phi) is 10.3. The van der Waals surface area contributed by atoms with Crippen molar-refractivity contribution in [3.63, 3.8) is 0 Å². The molecule has 1 N–H and O–H groups in total. The summed E-state index contributed by atoms with van der Waals surface area (Å²) in [6, 6.07) is 19.6. The van der Waals surface area contributed by atoms with Gasteiger partial charge in [-0.2, -0.15) is 0 Å². The van der Waals surface area contributed by atoms with Crippen LogP contribution in [0, 0.1) is 5.82 Å². The molecule has 47 heavy (non-hydrogen) atoms. The molecule has 0 atom stereocenters. The minimum Gasteiger partial charge on any atom is -0.336 e. The number of carbonyl (C=O) groups excluding carboxylic acids is 1. The molecule has 4 aromatic rings. The molecule has 0 saturated carbocycles. The Bertz CT molecular complexity index is 1750. The first-order valence-corrected chi connectivity index (χ1v) is 16.5. The molecule has 244 valence electrons. The third kappa shape index (κ3) is 7.38. The van der Waals surface area contributed by atoms with Crippen molar-refractivity contribution in [1.82, 2.24) is 24.7 Å². The van der Waals surface area contributed by atoms with E-state index in [0.717, 1.165) is 56.1 Å². The van der Waals surface area contributed by atoms with E-state index in [0.29, 0.717) is 45.6 Å². The second-order valence-electron chi connectivity index (χ2n) is 12.1. The first kappa shape index (κ1) is 32.7. The van der Waals surface area contributed by atoms with E-state index in [1.54, 1.807) is 36.5 Å². The van der Waals surface area contributed by atoms with E-state index < -0.39 is 0 Å². The van der Waals surface area contributed by atoms with Gasteiger partial charge in [0.15, 0.2) is 0 Å². The number of hydrogen-bond acceptors (Lipinski definition) is 7. The third-order valence-electron chi connectivity index (χ3n) is 9.12. The Balaban J connectivity index is 0.00000386. The second kappa shape index (κ2) is 14.7. The van der Waals surface area contributed by atoms with Crippen LogP contribution in [0.25, 0.3) is 11.3 Å². The van der Waals surface area contributed by atoms with E-state index in [9.17, 15) is 9.18 Å². The fourth-order valence-electron chi connectivity index (χ4n) is 6.52. The Morgan fingerprint density at radius 2 is 1.55 bits per heavy atom. The number of nitrogens with zero attached hydrogens (tertiary/aromatic N) is 6. The van der Waals surface area contributed by atoms with Crippen LogP contribution in [0.15, 0.2) is 77.9 Å². The Labute approximate surface area is 281 Å². The van der Waals surface area contributed by atoms with E-state index in [2.05, 4.69) is 20.1 Å². The highest BCUT2D eigenvalue weighted by Gasteiger charge is 2.24. The van der Waals surface area contributed by atoms with Crippen molar-refractivity contribution in [3.8, 4) is 11.3 Å². The molecule has 10 heteroatoms. The molecular formula is C37H41ClFN7O. The van der Waals surface area contributed by atoms with Crippen molar-refractivity contribution in [2.45, 2.75) is 33.2 Å². The molecule has 0 spiro atoms. The summed E-state index contributed by atoms with van der Waals surface area (Å²) in [5.74, 6) is 0.122. The minimum atomic E-state index is -0.348. The zero-order chi connectivity index (χ0) is 31.5. The highest BCUT2D eigenvalue weighted by Crippen LogP contribution is 2.34. The number of nitrogens with one attached hydrogen (secondary N) is 1. The molecule has 2 saturated heterocycles. The Hall–Kier alpha value is -4.18. The molecule has 0 bridgehead atoms. The van der Waals surface area contributed by atoms with Crippen LogP contribution in [0.2, 0.25) is 5.02 Å². The predicted octanol–water partition coefficient (Wildman–Crippen LogP) is 6.91. The van der Waals surface area contributed by atoms with Gasteiger partial charge >= 0.3 is 0 Å². The van der Waals surface area contributed by atoms with Gasteiger partial charge in [-0.1, -0.05) is 43.6 Å². The number of likely N-dealkylation sites (tertiary alicyclic amines) is 1. The SMILES string of the molecule is C.O=C(c1ccc(Nc2ncc3c(n2)-c2ccc(Cl)cc2C(c2ccccc2F)=NC3)cc1)N1CCN(CCN2CCCCC2)CC1. The number of rotatable bonds is 7. The van der Waals surface area contributed by atoms with Crippen molar-refractivity contribution < 1.29 is 9.18 Å². The molecule has 7 rings (SSSR count). The number of fused-ring (bicyclic) bond motifs is 3. The van der Waals surface area contributed by atoms with Gasteiger partial charge in [-0.05, 0) is 74.5 Å². The lowest BCUT2D eigenvalue weighted by Gasteiger charge is -2.36. The number of piperidine rings is 1. The van der Waals surface area contributed by atoms with Crippen molar-refractivity contribution in [3.05, 3.63) is 106 Å². The molecule has 8 nitrogen and oxygen atoms in total. The number of aromatic nitrogens is 2. The van der Waals surface area contributed by atoms with Crippen LogP contribution >= 0.6 is 11.6 Å². The number of piperazine rings is 1. The maximum atomic E-state index is 14.8. The Morgan fingerprint density at radius 1 is 0.830 bits per heavy atom. The molecule has 3 aliphatic rings. The Morgan fingerprint density at radius 3 is 2.30 bits per heavy atom. The average molecular weight is 654 g/mol. The molecule has 4 heterocycles. The van der Waals surface area contributed by atoms with Crippen LogP contribution in [0.4, 0.5) is 16.0 Å². The lowest BCUT2D eigenvalue weighted by atomic mass is 9.95. The van der Waals surface area contributed by atoms with Crippen molar-refractivity contribution >= 4 is 34.9 Å². The topological polar surface area (TPSA) is 77.0 Å². The molecule has 0 aliphatic carbocycles. The number of carbonyl (C=O) groups is 1. The largest absolute Gasteiger partial charge is 0.336 e. The quantitative estimate of drug-likeness (QED) is 0.234. The first-order chi connectivity index (χ1) is 22.5. The monoisotopic (exact) mass is 653 g/mol. The molecule has 1 amide bonds. The number of benzene rings is 3. The minimum absolute atomic E-state index is 0. The van der Waals surface area contributed by atoms with Gasteiger partial charge < -0.3 is 15.1 Å². The fraction of sp³-hybridized carbons (Fsp3) is 0.351. The number of hydrogen-bond donors (Lipinski definition) is 1. The van der Waals surface area contributed by atoms with E-state index in [-0.39, 0.29) is 19.2 Å². The van der Waals surface area contributed by atoms with Crippen LogP contribution < -0.4 is 5.32 Å². The summed E-state index contributed by atoms with van der Waals surface area (Å²) >= 11 is 6.39. The van der Waals surface area contributed by atoms with Crippen molar-refractivity contribution in [2.24, 2.45) is 4.99 Å². The van der Waals surface area contributed by atoms with Gasteiger partial charge in [0.05, 0.1) is 18.0 Å². The number of anilines is 2. The summed E-state index contributed by atoms with van der Waals surface area (Å²) in [5.41, 5.74) is 5.43. The molecule has 3 aliphatic heterocycles. The van der Waals surface area contributed by atoms with Gasteiger partial charge in [0.2, 0.25) is 5.95 Å². The van der Waals surface area contributed by atoms with Crippen LogP contribution in [0.3, 0.4) is 0 Å². The van der Waals surface area contributed by atoms with Crippen LogP contribution in [-0.4, -0.2) is 88.6 Å². The summed E-state index contributed by atoms with van der Waals surface area (Å²) < 4.78 is 14.8. The van der Waals surface area contributed by atoms with Gasteiger partial charge in [0.25, 0.3) is 5.91 Å². The maximum Gasteiger partial charge on any atom is 0.253 e. The summed E-state index contributed by atoms with van der Waals surface area (Å²) in [4.78, 5) is 34.4. The maximum absolute atomic E-state index is 14.8. The molecule has 3 aromatic carbocycles. The summed E-state index contributed by atoms with van der Waals surface area (Å²) in [5, 5.41) is 3.81. The smallest absolute Gasteiger partial charge is 0.253 e. The molecular weight excluding hydrogens is 613 g/mol. The van der Waals surface area contributed by atoms with Gasteiger partial charge in [0, 0.05) is 84.0 Å². The van der Waals surface area contributed by atoms with Gasteiger partial charge in [-0.25, -0.2) is 14.4 Å². The summed E-state index contributed by atoms with van der Waals surface area (Å²) in [6.45, 7) is 8.26. The molecule has 0 unspecified atom stereocenters. The summed E-state index contributed by atoms with van der Waals surface area (Å²) in [6.07, 6.45) is 5.74. The zero-order valence-electron chi connectivity index (χ0n) is 25.8. The molecule has 0 radical (unpaired) electrons. The number of halogens is 2. The highest BCUT2D eigenvalue weighted by molar-refractivity contribution is 6.31. The highest BCUT2D eigenvalue weighted by atomic mass is 35.5. The van der Waals surface area contributed by atoms with E-state index in [1.165, 1.54) is 38.4 Å². The predicted molar refractivity (Wildman–Crippen MR) is 187 cm³/mol. The lowest BCUT2D eigenvalue weighted by molar-refractivity contribution is 0.0619. The van der Waals surface area contributed by atoms with Crippen molar-refractivity contribution in [2.75, 3.05) is 57.7 Å². The summed E-state index contributed by atoms with van der Waals surface area (Å²) in [7, 11) is 0. The third-order valence-corrected chi connectivity index (χ3v) is 9.36. The molecule has 1 aromatic heterocycles. The van der Waals surface area contributed by atoms with E-state index in [1.807, 2.05) is 35.2 Å². The standard InChI is InChI=1S/C36H37ClFN7O.CH4/c37-27-10-13-29-31(22-27)34(30-6-2-3-7-32(30)38)39-23-26-24-40-36(42-33(26)29)41-28-11-8-25(9-12-28)35(46)45-20-18-44(19-21-45)17-16-43-14-4-1-5-15-43;/h2-3,6-13,22,24H,1,4-5,14-21,23H2,(H,40,41,42);1H4. The van der Waals surface area contributed by atoms with Crippen LogP contribution in [-0.2, 0) is 6.54 Å². The van der Waals surface area contributed by atoms with Gasteiger partial charge in [-0.3, -0.25) is 14.7 Å². The van der Waals surface area contributed by atoms with Gasteiger partial charge in [0.1, 0.15) is 5.82 Å². The normalized spacial score (nSPS) is 16.7. The van der Waals surface area contributed by atoms with E-state index in [4.69, 9.17) is 21.6 Å². The van der Waals surface area contributed by atoms with Crippen LogP contribution in [0.5, 0.6) is 0 Å². The molecule has 2 fully saturated rings. The van der Waals surface area contributed by atoms with E-state index >= 15 is 0 Å². The van der Waals surface area contributed by atoms with Crippen LogP contribution in [0.1, 0.15) is 53.7 Å². The number of amides is 1. The first-order valence-electron chi connectivity index (χ1n) is 16.1. The average Bonchev–Trinajstić information content (AvgIpc) is 3.24. The lowest BCUT2D eigenvalue weighted by Crippen LogP contribution is -2.50.